The maximum atomic E-state index is 12.5. The number of carboxylic acid groups (broad SMARTS) is 1. The monoisotopic (exact) mass is 284 g/mol. The number of urea groups is 1. The summed E-state index contributed by atoms with van der Waals surface area (Å²) in [5.74, 6) is -0.685. The molecule has 2 heterocycles. The molecule has 1 N–H and O–H groups in total. The smallest absolute Gasteiger partial charge is 0.320 e. The third-order valence-corrected chi connectivity index (χ3v) is 4.29. The van der Waals surface area contributed by atoms with Crippen molar-refractivity contribution in [1.29, 1.82) is 0 Å². The van der Waals surface area contributed by atoms with E-state index in [1.54, 1.807) is 0 Å². The highest BCUT2D eigenvalue weighted by molar-refractivity contribution is 5.75. The number of hydrogen-bond donors (Lipinski definition) is 1. The summed E-state index contributed by atoms with van der Waals surface area (Å²) in [6.45, 7) is 2.73. The number of nitrogens with zero attached hydrogens (tertiary/aromatic N) is 2. The predicted molar refractivity (Wildman–Crippen MR) is 73.5 cm³/mol. The molecule has 1 atom stereocenters. The van der Waals surface area contributed by atoms with E-state index in [1.807, 2.05) is 16.8 Å². The van der Waals surface area contributed by atoms with Gasteiger partial charge in [0.2, 0.25) is 0 Å². The summed E-state index contributed by atoms with van der Waals surface area (Å²) >= 11 is 0. The average Bonchev–Trinajstić information content (AvgIpc) is 2.46. The maximum Gasteiger partial charge on any atom is 0.320 e. The van der Waals surface area contributed by atoms with Crippen molar-refractivity contribution in [1.82, 2.24) is 9.80 Å². The first-order chi connectivity index (χ1) is 9.58. The highest BCUT2D eigenvalue weighted by Crippen LogP contribution is 2.22. The number of likely N-dealkylation sites (tertiary alicyclic amines) is 1. The number of rotatable bonds is 3. The zero-order valence-electron chi connectivity index (χ0n) is 12.1. The molecule has 0 radical (unpaired) electrons. The van der Waals surface area contributed by atoms with Crippen molar-refractivity contribution in [2.24, 2.45) is 5.92 Å². The zero-order valence-corrected chi connectivity index (χ0v) is 12.1. The molecule has 0 aliphatic carbocycles. The fourth-order valence-electron chi connectivity index (χ4n) is 3.10. The Kier molecular flexibility index (Phi) is 5.23. The van der Waals surface area contributed by atoms with Crippen LogP contribution in [0.3, 0.4) is 0 Å². The fraction of sp³-hybridized carbons (Fsp3) is 0.857. The van der Waals surface area contributed by atoms with Crippen LogP contribution in [-0.4, -0.2) is 66.3 Å². The van der Waals surface area contributed by atoms with Gasteiger partial charge in [-0.1, -0.05) is 0 Å². The molecule has 114 valence electrons. The van der Waals surface area contributed by atoms with Crippen LogP contribution in [0, 0.1) is 5.92 Å². The van der Waals surface area contributed by atoms with Crippen molar-refractivity contribution in [3.63, 3.8) is 0 Å². The summed E-state index contributed by atoms with van der Waals surface area (Å²) in [4.78, 5) is 26.9. The van der Waals surface area contributed by atoms with Crippen LogP contribution in [0.1, 0.15) is 32.1 Å². The molecule has 1 unspecified atom stereocenters. The van der Waals surface area contributed by atoms with Crippen LogP contribution < -0.4 is 0 Å². The largest absolute Gasteiger partial charge is 0.481 e. The summed E-state index contributed by atoms with van der Waals surface area (Å²) < 4.78 is 5.32. The first kappa shape index (κ1) is 15.1. The first-order valence-corrected chi connectivity index (χ1v) is 7.39. The standard InChI is InChI=1S/C14H24N2O4/c1-15(12-4-7-20-8-5-12)14(19)16-6-2-3-11(10-16)9-13(17)18/h11-12H,2-10H2,1H3,(H,17,18). The van der Waals surface area contributed by atoms with Gasteiger partial charge in [-0.2, -0.15) is 0 Å². The molecule has 0 saturated carbocycles. The molecule has 2 fully saturated rings. The number of carbonyl (C=O) groups excluding carboxylic acids is 1. The Hall–Kier alpha value is -1.30. The highest BCUT2D eigenvalue weighted by Gasteiger charge is 2.30. The van der Waals surface area contributed by atoms with Gasteiger partial charge < -0.3 is 19.6 Å². The van der Waals surface area contributed by atoms with Gasteiger partial charge in [-0.15, -0.1) is 0 Å². The van der Waals surface area contributed by atoms with Gasteiger partial charge in [-0.05, 0) is 31.6 Å². The van der Waals surface area contributed by atoms with Crippen LogP contribution in [0.25, 0.3) is 0 Å². The van der Waals surface area contributed by atoms with E-state index in [4.69, 9.17) is 9.84 Å². The van der Waals surface area contributed by atoms with E-state index >= 15 is 0 Å². The van der Waals surface area contributed by atoms with Gasteiger partial charge in [-0.25, -0.2) is 4.79 Å². The highest BCUT2D eigenvalue weighted by atomic mass is 16.5. The van der Waals surface area contributed by atoms with Crippen molar-refractivity contribution in [3.05, 3.63) is 0 Å². The Labute approximate surface area is 119 Å². The lowest BCUT2D eigenvalue weighted by molar-refractivity contribution is -0.138. The molecule has 0 aromatic carbocycles. The quantitative estimate of drug-likeness (QED) is 0.850. The van der Waals surface area contributed by atoms with E-state index in [2.05, 4.69) is 0 Å². The average molecular weight is 284 g/mol. The second kappa shape index (κ2) is 6.92. The van der Waals surface area contributed by atoms with E-state index in [-0.39, 0.29) is 24.4 Å². The summed E-state index contributed by atoms with van der Waals surface area (Å²) in [7, 11) is 1.85. The van der Waals surface area contributed by atoms with Gasteiger partial charge in [0.05, 0.1) is 0 Å². The minimum atomic E-state index is -0.776. The van der Waals surface area contributed by atoms with Gasteiger partial charge in [0, 0.05) is 45.8 Å². The van der Waals surface area contributed by atoms with E-state index in [0.717, 1.165) is 32.2 Å². The Balaban J connectivity index is 1.88. The molecule has 0 bridgehead atoms. The molecular formula is C14H24N2O4. The topological polar surface area (TPSA) is 70.1 Å². The van der Waals surface area contributed by atoms with E-state index in [9.17, 15) is 9.59 Å². The summed E-state index contributed by atoms with van der Waals surface area (Å²) in [6, 6.07) is 0.281. The lowest BCUT2D eigenvalue weighted by atomic mass is 9.95. The number of hydrogen-bond acceptors (Lipinski definition) is 3. The zero-order chi connectivity index (χ0) is 14.5. The van der Waals surface area contributed by atoms with E-state index < -0.39 is 5.97 Å². The Morgan fingerprint density at radius 2 is 2.00 bits per heavy atom. The number of carboxylic acids is 1. The lowest BCUT2D eigenvalue weighted by Crippen LogP contribution is -2.50. The molecule has 2 rings (SSSR count). The molecule has 0 spiro atoms. The molecule has 2 amide bonds. The number of aliphatic carboxylic acids is 1. The van der Waals surface area contributed by atoms with E-state index in [0.29, 0.717) is 19.8 Å². The second-order valence-electron chi connectivity index (χ2n) is 5.79. The summed E-state index contributed by atoms with van der Waals surface area (Å²) in [6.07, 6.45) is 3.72. The van der Waals surface area contributed by atoms with Crippen LogP contribution in [0.15, 0.2) is 0 Å². The summed E-state index contributed by atoms with van der Waals surface area (Å²) in [5.41, 5.74) is 0. The lowest BCUT2D eigenvalue weighted by Gasteiger charge is -2.38. The van der Waals surface area contributed by atoms with Crippen molar-refractivity contribution in [3.8, 4) is 0 Å². The Bertz CT molecular complexity index is 355. The maximum absolute atomic E-state index is 12.5. The minimum absolute atomic E-state index is 0.0342. The van der Waals surface area contributed by atoms with Gasteiger partial charge >= 0.3 is 12.0 Å². The van der Waals surface area contributed by atoms with E-state index in [1.165, 1.54) is 0 Å². The van der Waals surface area contributed by atoms with Gasteiger partial charge in [0.15, 0.2) is 0 Å². The van der Waals surface area contributed by atoms with Gasteiger partial charge in [0.1, 0.15) is 0 Å². The number of ether oxygens (including phenoxy) is 1. The van der Waals surface area contributed by atoms with Crippen LogP contribution in [0.5, 0.6) is 0 Å². The molecular weight excluding hydrogens is 260 g/mol. The van der Waals surface area contributed by atoms with Gasteiger partial charge in [0.25, 0.3) is 0 Å². The number of amides is 2. The molecule has 0 aromatic rings. The van der Waals surface area contributed by atoms with Crippen LogP contribution in [0.4, 0.5) is 4.79 Å². The fourth-order valence-corrected chi connectivity index (χ4v) is 3.10. The first-order valence-electron chi connectivity index (χ1n) is 7.39. The van der Waals surface area contributed by atoms with Crippen LogP contribution in [-0.2, 0) is 9.53 Å². The number of piperidine rings is 1. The van der Waals surface area contributed by atoms with Crippen molar-refractivity contribution >= 4 is 12.0 Å². The Morgan fingerprint density at radius 1 is 1.30 bits per heavy atom. The third-order valence-electron chi connectivity index (χ3n) is 4.29. The second-order valence-corrected chi connectivity index (χ2v) is 5.79. The number of carbonyl (C=O) groups is 2. The predicted octanol–water partition coefficient (Wildman–Crippen LogP) is 1.40. The van der Waals surface area contributed by atoms with Gasteiger partial charge in [-0.3, -0.25) is 4.79 Å². The normalized spacial score (nSPS) is 24.4. The third kappa shape index (κ3) is 3.85. The molecule has 6 nitrogen and oxygen atoms in total. The Morgan fingerprint density at radius 3 is 2.65 bits per heavy atom. The molecule has 2 saturated heterocycles. The SMILES string of the molecule is CN(C(=O)N1CCCC(CC(=O)O)C1)C1CCOCC1. The van der Waals surface area contributed by atoms with Crippen molar-refractivity contribution in [2.45, 2.75) is 38.1 Å². The molecule has 20 heavy (non-hydrogen) atoms. The van der Waals surface area contributed by atoms with Crippen LogP contribution >= 0.6 is 0 Å². The molecule has 0 aromatic heterocycles. The molecule has 2 aliphatic rings. The van der Waals surface area contributed by atoms with Crippen LogP contribution in [0.2, 0.25) is 0 Å². The molecule has 6 heteroatoms. The minimum Gasteiger partial charge on any atom is -0.481 e. The van der Waals surface area contributed by atoms with Crippen molar-refractivity contribution < 1.29 is 19.4 Å². The molecule has 2 aliphatic heterocycles. The summed E-state index contributed by atoms with van der Waals surface area (Å²) in [5, 5.41) is 8.88. The van der Waals surface area contributed by atoms with Crippen molar-refractivity contribution in [2.75, 3.05) is 33.4 Å².